The lowest BCUT2D eigenvalue weighted by Gasteiger charge is -2.10. The first-order valence-electron chi connectivity index (χ1n) is 5.59. The van der Waals surface area contributed by atoms with Crippen LogP contribution in [0.5, 0.6) is 0 Å². The van der Waals surface area contributed by atoms with E-state index >= 15 is 0 Å². The van der Waals surface area contributed by atoms with Crippen molar-refractivity contribution < 1.29 is 9.18 Å². The highest BCUT2D eigenvalue weighted by Gasteiger charge is 2.09. The Bertz CT molecular complexity index is 644. The van der Waals surface area contributed by atoms with E-state index in [4.69, 9.17) is 12.2 Å². The SMILES string of the molecule is Cc1nc(C(=O)NNC(=S)Nc2cccc(F)c2)cs1. The van der Waals surface area contributed by atoms with Crippen LogP contribution in [0.2, 0.25) is 0 Å². The maximum Gasteiger partial charge on any atom is 0.289 e. The van der Waals surface area contributed by atoms with Gasteiger partial charge in [0.2, 0.25) is 0 Å². The molecule has 0 saturated carbocycles. The van der Waals surface area contributed by atoms with Crippen LogP contribution in [-0.4, -0.2) is 16.0 Å². The van der Waals surface area contributed by atoms with Gasteiger partial charge in [-0.05, 0) is 37.3 Å². The standard InChI is InChI=1S/C12H11FN4OS2/c1-7-14-10(6-20-7)11(18)16-17-12(19)15-9-4-2-3-8(13)5-9/h2-6H,1H3,(H,16,18)(H2,15,17,19). The van der Waals surface area contributed by atoms with Gasteiger partial charge in [-0.3, -0.25) is 15.6 Å². The average Bonchev–Trinajstić information content (AvgIpc) is 2.83. The van der Waals surface area contributed by atoms with Crippen molar-refractivity contribution in [2.24, 2.45) is 0 Å². The van der Waals surface area contributed by atoms with E-state index in [-0.39, 0.29) is 10.9 Å². The van der Waals surface area contributed by atoms with E-state index < -0.39 is 5.91 Å². The molecule has 1 heterocycles. The lowest BCUT2D eigenvalue weighted by Crippen LogP contribution is -2.43. The number of anilines is 1. The van der Waals surface area contributed by atoms with Crippen molar-refractivity contribution in [2.75, 3.05) is 5.32 Å². The molecule has 2 rings (SSSR count). The van der Waals surface area contributed by atoms with Crippen LogP contribution in [0.1, 0.15) is 15.5 Å². The van der Waals surface area contributed by atoms with Gasteiger partial charge >= 0.3 is 0 Å². The number of hydrazine groups is 1. The molecule has 5 nitrogen and oxygen atoms in total. The van der Waals surface area contributed by atoms with E-state index in [1.54, 1.807) is 17.5 Å². The number of rotatable bonds is 2. The number of carbonyl (C=O) groups is 1. The fourth-order valence-electron chi connectivity index (χ4n) is 1.37. The maximum atomic E-state index is 13.0. The van der Waals surface area contributed by atoms with Crippen LogP contribution in [0.4, 0.5) is 10.1 Å². The molecule has 0 bridgehead atoms. The van der Waals surface area contributed by atoms with Crippen molar-refractivity contribution in [1.82, 2.24) is 15.8 Å². The molecule has 0 aliphatic carbocycles. The van der Waals surface area contributed by atoms with Gasteiger partial charge in [0.15, 0.2) is 5.11 Å². The summed E-state index contributed by atoms with van der Waals surface area (Å²) in [6.45, 7) is 1.81. The number of aryl methyl sites for hydroxylation is 1. The molecule has 0 spiro atoms. The van der Waals surface area contributed by atoms with E-state index in [1.807, 2.05) is 6.92 Å². The third-order valence-electron chi connectivity index (χ3n) is 2.22. The predicted octanol–water partition coefficient (Wildman–Crippen LogP) is 2.22. The number of hydrogen-bond acceptors (Lipinski definition) is 4. The quantitative estimate of drug-likeness (QED) is 0.586. The van der Waals surface area contributed by atoms with Crippen molar-refractivity contribution in [2.45, 2.75) is 6.92 Å². The Labute approximate surface area is 124 Å². The third-order valence-corrected chi connectivity index (χ3v) is 3.20. The zero-order valence-electron chi connectivity index (χ0n) is 10.4. The Balaban J connectivity index is 1.85. The number of benzene rings is 1. The van der Waals surface area contributed by atoms with Crippen molar-refractivity contribution in [3.05, 3.63) is 46.2 Å². The van der Waals surface area contributed by atoms with E-state index in [2.05, 4.69) is 21.2 Å². The molecule has 1 amide bonds. The molecular formula is C12H11FN4OS2. The van der Waals surface area contributed by atoms with Crippen LogP contribution in [0.25, 0.3) is 0 Å². The fraction of sp³-hybridized carbons (Fsp3) is 0.0833. The number of nitrogens with one attached hydrogen (secondary N) is 3. The Morgan fingerprint density at radius 2 is 2.20 bits per heavy atom. The molecule has 20 heavy (non-hydrogen) atoms. The van der Waals surface area contributed by atoms with Gasteiger partial charge in [-0.15, -0.1) is 11.3 Å². The summed E-state index contributed by atoms with van der Waals surface area (Å²) in [5, 5.41) is 5.34. The molecule has 0 saturated heterocycles. The second-order valence-corrected chi connectivity index (χ2v) is 5.27. The van der Waals surface area contributed by atoms with Crippen LogP contribution in [0.3, 0.4) is 0 Å². The molecule has 1 aromatic heterocycles. The minimum Gasteiger partial charge on any atom is -0.331 e. The molecule has 8 heteroatoms. The largest absolute Gasteiger partial charge is 0.331 e. The number of thiocarbonyl (C=S) groups is 1. The second-order valence-electron chi connectivity index (χ2n) is 3.80. The van der Waals surface area contributed by atoms with Crippen LogP contribution < -0.4 is 16.2 Å². The van der Waals surface area contributed by atoms with Crippen molar-refractivity contribution in [3.63, 3.8) is 0 Å². The summed E-state index contributed by atoms with van der Waals surface area (Å²) in [5.74, 6) is -0.766. The Hall–Kier alpha value is -2.06. The van der Waals surface area contributed by atoms with Gasteiger partial charge in [-0.1, -0.05) is 6.07 Å². The summed E-state index contributed by atoms with van der Waals surface area (Å²) >= 11 is 6.36. The molecule has 104 valence electrons. The highest BCUT2D eigenvalue weighted by Crippen LogP contribution is 2.09. The van der Waals surface area contributed by atoms with Crippen LogP contribution in [0.15, 0.2) is 29.6 Å². The summed E-state index contributed by atoms with van der Waals surface area (Å²) in [4.78, 5) is 15.7. The molecule has 3 N–H and O–H groups in total. The zero-order valence-corrected chi connectivity index (χ0v) is 12.1. The normalized spacial score (nSPS) is 9.90. The highest BCUT2D eigenvalue weighted by atomic mass is 32.1. The molecule has 2 aromatic rings. The number of thiazole rings is 1. The summed E-state index contributed by atoms with van der Waals surface area (Å²) in [7, 11) is 0. The molecular weight excluding hydrogens is 299 g/mol. The smallest absolute Gasteiger partial charge is 0.289 e. The number of nitrogens with zero attached hydrogens (tertiary/aromatic N) is 1. The van der Waals surface area contributed by atoms with Gasteiger partial charge in [0.25, 0.3) is 5.91 Å². The number of aromatic nitrogens is 1. The third kappa shape index (κ3) is 3.97. The maximum absolute atomic E-state index is 13.0. The minimum absolute atomic E-state index is 0.149. The van der Waals surface area contributed by atoms with Crippen LogP contribution in [0, 0.1) is 12.7 Å². The first-order chi connectivity index (χ1) is 9.54. The lowest BCUT2D eigenvalue weighted by atomic mass is 10.3. The summed E-state index contributed by atoms with van der Waals surface area (Å²) in [6, 6.07) is 5.83. The minimum atomic E-state index is -0.391. The second kappa shape index (κ2) is 6.40. The van der Waals surface area contributed by atoms with Gasteiger partial charge in [0, 0.05) is 11.1 Å². The molecule has 0 unspecified atom stereocenters. The monoisotopic (exact) mass is 310 g/mol. The van der Waals surface area contributed by atoms with E-state index in [1.165, 1.54) is 23.5 Å². The topological polar surface area (TPSA) is 66.0 Å². The van der Waals surface area contributed by atoms with Crippen molar-refractivity contribution >= 4 is 40.3 Å². The molecule has 0 aliphatic rings. The molecule has 0 radical (unpaired) electrons. The number of hydrogen-bond donors (Lipinski definition) is 3. The van der Waals surface area contributed by atoms with Crippen molar-refractivity contribution in [3.8, 4) is 0 Å². The molecule has 1 aromatic carbocycles. The lowest BCUT2D eigenvalue weighted by molar-refractivity contribution is 0.0939. The fourth-order valence-corrected chi connectivity index (χ4v) is 2.14. The van der Waals surface area contributed by atoms with E-state index in [0.29, 0.717) is 11.4 Å². The Morgan fingerprint density at radius 3 is 2.85 bits per heavy atom. The van der Waals surface area contributed by atoms with Gasteiger partial charge in [-0.25, -0.2) is 9.37 Å². The average molecular weight is 310 g/mol. The Kier molecular flexibility index (Phi) is 4.59. The molecule has 0 fully saturated rings. The summed E-state index contributed by atoms with van der Waals surface area (Å²) in [5.41, 5.74) is 5.73. The van der Waals surface area contributed by atoms with E-state index in [0.717, 1.165) is 5.01 Å². The number of halogens is 1. The van der Waals surface area contributed by atoms with Crippen molar-refractivity contribution in [1.29, 1.82) is 0 Å². The predicted molar refractivity (Wildman–Crippen MR) is 80.1 cm³/mol. The van der Waals surface area contributed by atoms with Crippen LogP contribution >= 0.6 is 23.6 Å². The van der Waals surface area contributed by atoms with Gasteiger partial charge < -0.3 is 5.32 Å². The van der Waals surface area contributed by atoms with Crippen LogP contribution in [-0.2, 0) is 0 Å². The Morgan fingerprint density at radius 1 is 1.40 bits per heavy atom. The van der Waals surface area contributed by atoms with Gasteiger partial charge in [0.1, 0.15) is 11.5 Å². The number of carbonyl (C=O) groups excluding carboxylic acids is 1. The van der Waals surface area contributed by atoms with Gasteiger partial charge in [-0.2, -0.15) is 0 Å². The summed E-state index contributed by atoms with van der Waals surface area (Å²) < 4.78 is 13.0. The summed E-state index contributed by atoms with van der Waals surface area (Å²) in [6.07, 6.45) is 0. The molecule has 0 aliphatic heterocycles. The highest BCUT2D eigenvalue weighted by molar-refractivity contribution is 7.80. The first-order valence-corrected chi connectivity index (χ1v) is 6.88. The van der Waals surface area contributed by atoms with Gasteiger partial charge in [0.05, 0.1) is 5.01 Å². The zero-order chi connectivity index (χ0) is 14.5. The number of amides is 1. The molecule has 0 atom stereocenters. The van der Waals surface area contributed by atoms with E-state index in [9.17, 15) is 9.18 Å². The first kappa shape index (κ1) is 14.4.